The maximum Gasteiger partial charge on any atom is 0.124 e. The molecular formula is C14H12BrFS. The molecule has 0 heterocycles. The van der Waals surface area contributed by atoms with Crippen LogP contribution in [0.1, 0.15) is 11.1 Å². The van der Waals surface area contributed by atoms with Crippen LogP contribution in [0.2, 0.25) is 0 Å². The highest BCUT2D eigenvalue weighted by atomic mass is 79.9. The van der Waals surface area contributed by atoms with E-state index in [1.54, 1.807) is 17.8 Å². The van der Waals surface area contributed by atoms with Crippen LogP contribution in [0.5, 0.6) is 0 Å². The van der Waals surface area contributed by atoms with Crippen molar-refractivity contribution in [1.82, 2.24) is 0 Å². The van der Waals surface area contributed by atoms with Crippen LogP contribution in [0, 0.1) is 5.82 Å². The minimum Gasteiger partial charge on any atom is -0.207 e. The lowest BCUT2D eigenvalue weighted by Crippen LogP contribution is -1.85. The quantitative estimate of drug-likeness (QED) is 0.764. The molecule has 0 aromatic heterocycles. The fourth-order valence-corrected chi connectivity index (χ4v) is 3.00. The van der Waals surface area contributed by atoms with Gasteiger partial charge in [0.2, 0.25) is 0 Å². The van der Waals surface area contributed by atoms with Gasteiger partial charge in [-0.3, -0.25) is 0 Å². The molecule has 0 spiro atoms. The van der Waals surface area contributed by atoms with Crippen molar-refractivity contribution in [3.63, 3.8) is 0 Å². The molecule has 3 heteroatoms. The molecule has 88 valence electrons. The molecular weight excluding hydrogens is 299 g/mol. The summed E-state index contributed by atoms with van der Waals surface area (Å²) in [4.78, 5) is 0. The van der Waals surface area contributed by atoms with Crippen molar-refractivity contribution < 1.29 is 4.39 Å². The predicted molar refractivity (Wildman–Crippen MR) is 75.5 cm³/mol. The molecule has 0 N–H and O–H groups in total. The van der Waals surface area contributed by atoms with E-state index in [1.165, 1.54) is 11.6 Å². The molecule has 2 rings (SSSR count). The molecule has 0 bridgehead atoms. The van der Waals surface area contributed by atoms with Crippen LogP contribution in [0.4, 0.5) is 4.39 Å². The largest absolute Gasteiger partial charge is 0.207 e. The number of rotatable bonds is 4. The Bertz CT molecular complexity index is 465. The number of benzene rings is 2. The van der Waals surface area contributed by atoms with E-state index in [4.69, 9.17) is 0 Å². The van der Waals surface area contributed by atoms with Gasteiger partial charge in [-0.25, -0.2) is 4.39 Å². The zero-order valence-corrected chi connectivity index (χ0v) is 11.6. The lowest BCUT2D eigenvalue weighted by Gasteiger charge is -2.03. The molecule has 0 fully saturated rings. The smallest absolute Gasteiger partial charge is 0.124 e. The van der Waals surface area contributed by atoms with Crippen molar-refractivity contribution >= 4 is 27.7 Å². The summed E-state index contributed by atoms with van der Waals surface area (Å²) >= 11 is 5.09. The number of halogens is 2. The molecule has 0 aliphatic rings. The molecule has 0 unspecified atom stereocenters. The van der Waals surface area contributed by atoms with Gasteiger partial charge in [0.25, 0.3) is 0 Å². The first kappa shape index (κ1) is 12.7. The Hall–Kier alpha value is -0.800. The number of hydrogen-bond acceptors (Lipinski definition) is 1. The Labute approximate surface area is 113 Å². The van der Waals surface area contributed by atoms with E-state index >= 15 is 0 Å². The molecule has 0 aliphatic heterocycles. The van der Waals surface area contributed by atoms with Crippen LogP contribution < -0.4 is 0 Å². The average Bonchev–Trinajstić information content (AvgIpc) is 2.29. The van der Waals surface area contributed by atoms with Crippen LogP contribution in [-0.2, 0) is 11.5 Å². The lowest BCUT2D eigenvalue weighted by atomic mass is 10.2. The second-order valence-corrected chi connectivity index (χ2v) is 5.66. The fourth-order valence-electron chi connectivity index (χ4n) is 1.56. The van der Waals surface area contributed by atoms with E-state index in [2.05, 4.69) is 28.1 Å². The molecule has 0 amide bonds. The first-order valence-electron chi connectivity index (χ1n) is 5.31. The highest BCUT2D eigenvalue weighted by Gasteiger charge is 2.00. The third kappa shape index (κ3) is 4.17. The average molecular weight is 311 g/mol. The first-order valence-corrected chi connectivity index (χ1v) is 7.25. The van der Waals surface area contributed by atoms with Crippen LogP contribution >= 0.6 is 27.7 Å². The summed E-state index contributed by atoms with van der Waals surface area (Å²) in [5.74, 6) is 1.59. The van der Waals surface area contributed by atoms with Gasteiger partial charge in [0.15, 0.2) is 0 Å². The van der Waals surface area contributed by atoms with Crippen LogP contribution in [0.3, 0.4) is 0 Å². The maximum absolute atomic E-state index is 13.1. The minimum atomic E-state index is -0.185. The molecule has 0 nitrogen and oxygen atoms in total. The summed E-state index contributed by atoms with van der Waals surface area (Å²) in [6.07, 6.45) is 0. The van der Waals surface area contributed by atoms with E-state index in [1.807, 2.05) is 24.3 Å². The van der Waals surface area contributed by atoms with Gasteiger partial charge >= 0.3 is 0 Å². The minimum absolute atomic E-state index is 0.185. The Morgan fingerprint density at radius 1 is 0.941 bits per heavy atom. The summed E-state index contributed by atoms with van der Waals surface area (Å²) in [6.45, 7) is 0. The van der Waals surface area contributed by atoms with E-state index < -0.39 is 0 Å². The highest BCUT2D eigenvalue weighted by molar-refractivity contribution is 9.10. The van der Waals surface area contributed by atoms with Gasteiger partial charge in [0.05, 0.1) is 0 Å². The molecule has 0 radical (unpaired) electrons. The van der Waals surface area contributed by atoms with Crippen molar-refractivity contribution in [1.29, 1.82) is 0 Å². The van der Waals surface area contributed by atoms with Crippen molar-refractivity contribution in [3.05, 3.63) is 69.9 Å². The Kier molecular flexibility index (Phi) is 4.63. The van der Waals surface area contributed by atoms with Gasteiger partial charge in [-0.2, -0.15) is 11.8 Å². The third-order valence-corrected chi connectivity index (χ3v) is 3.84. The van der Waals surface area contributed by atoms with Gasteiger partial charge < -0.3 is 0 Å². The van der Waals surface area contributed by atoms with Crippen LogP contribution in [0.25, 0.3) is 0 Å². The van der Waals surface area contributed by atoms with E-state index in [9.17, 15) is 4.39 Å². The highest BCUT2D eigenvalue weighted by Crippen LogP contribution is 2.21. The summed E-state index contributed by atoms with van der Waals surface area (Å²) in [7, 11) is 0. The molecule has 2 aromatic carbocycles. The third-order valence-electron chi connectivity index (χ3n) is 2.30. The van der Waals surface area contributed by atoms with E-state index in [0.717, 1.165) is 21.5 Å². The second-order valence-electron chi connectivity index (χ2n) is 3.76. The monoisotopic (exact) mass is 310 g/mol. The lowest BCUT2D eigenvalue weighted by molar-refractivity contribution is 0.625. The molecule has 0 aliphatic carbocycles. The second kappa shape index (κ2) is 6.22. The topological polar surface area (TPSA) is 0 Å². The fraction of sp³-hybridized carbons (Fsp3) is 0.143. The SMILES string of the molecule is Fc1cc(Br)cc(CSCc2ccccc2)c1. The van der Waals surface area contributed by atoms with Gasteiger partial charge in [0.1, 0.15) is 5.82 Å². The molecule has 0 saturated carbocycles. The van der Waals surface area contributed by atoms with Crippen LogP contribution in [-0.4, -0.2) is 0 Å². The van der Waals surface area contributed by atoms with Crippen molar-refractivity contribution in [2.24, 2.45) is 0 Å². The summed E-state index contributed by atoms with van der Waals surface area (Å²) in [6, 6.07) is 15.3. The Balaban J connectivity index is 1.90. The first-order chi connectivity index (χ1) is 8.24. The van der Waals surface area contributed by atoms with Gasteiger partial charge in [-0.1, -0.05) is 46.3 Å². The number of thioether (sulfide) groups is 1. The predicted octanol–water partition coefficient (Wildman–Crippen LogP) is 5.02. The van der Waals surface area contributed by atoms with Crippen LogP contribution in [0.15, 0.2) is 53.0 Å². The summed E-state index contributed by atoms with van der Waals surface area (Å²) < 4.78 is 13.9. The van der Waals surface area contributed by atoms with E-state index in [0.29, 0.717) is 0 Å². The zero-order chi connectivity index (χ0) is 12.1. The normalized spacial score (nSPS) is 10.5. The Morgan fingerprint density at radius 2 is 1.65 bits per heavy atom. The maximum atomic E-state index is 13.1. The standard InChI is InChI=1S/C14H12BrFS/c15-13-6-12(7-14(16)8-13)10-17-9-11-4-2-1-3-5-11/h1-8H,9-10H2. The van der Waals surface area contributed by atoms with E-state index in [-0.39, 0.29) is 5.82 Å². The van der Waals surface area contributed by atoms with Crippen molar-refractivity contribution in [2.45, 2.75) is 11.5 Å². The van der Waals surface area contributed by atoms with Gasteiger partial charge in [-0.15, -0.1) is 0 Å². The summed E-state index contributed by atoms with van der Waals surface area (Å²) in [5.41, 5.74) is 2.31. The van der Waals surface area contributed by atoms with Gasteiger partial charge in [0, 0.05) is 16.0 Å². The molecule has 17 heavy (non-hydrogen) atoms. The Morgan fingerprint density at radius 3 is 2.35 bits per heavy atom. The van der Waals surface area contributed by atoms with Crippen molar-refractivity contribution in [3.8, 4) is 0 Å². The van der Waals surface area contributed by atoms with Gasteiger partial charge in [-0.05, 0) is 29.3 Å². The molecule has 0 atom stereocenters. The summed E-state index contributed by atoms with van der Waals surface area (Å²) in [5, 5.41) is 0. The number of hydrogen-bond donors (Lipinski definition) is 0. The molecule has 0 saturated heterocycles. The molecule has 2 aromatic rings. The van der Waals surface area contributed by atoms with Crippen molar-refractivity contribution in [2.75, 3.05) is 0 Å². The zero-order valence-electron chi connectivity index (χ0n) is 9.20.